The van der Waals surface area contributed by atoms with Gasteiger partial charge >= 0.3 is 0 Å². The van der Waals surface area contributed by atoms with Crippen molar-refractivity contribution in [1.29, 1.82) is 5.26 Å². The molecule has 0 saturated carbocycles. The summed E-state index contributed by atoms with van der Waals surface area (Å²) in [6.07, 6.45) is 0.377. The van der Waals surface area contributed by atoms with Gasteiger partial charge in [-0.1, -0.05) is 36.4 Å². The second kappa shape index (κ2) is 5.02. The standard InChI is InChI=1S/C17H11NO2/c18-10-9-12-5-7-13(8-6-12)17-11-15(19)14-3-1-2-4-16(14)20-17/h1-8,11H,9H2. The van der Waals surface area contributed by atoms with Gasteiger partial charge < -0.3 is 4.42 Å². The number of hydrogen-bond donors (Lipinski definition) is 0. The molecule has 0 spiro atoms. The van der Waals surface area contributed by atoms with Crippen LogP contribution >= 0.6 is 0 Å². The third-order valence-corrected chi connectivity index (χ3v) is 3.16. The lowest BCUT2D eigenvalue weighted by Crippen LogP contribution is -1.99. The summed E-state index contributed by atoms with van der Waals surface area (Å²) in [6.45, 7) is 0. The third-order valence-electron chi connectivity index (χ3n) is 3.16. The highest BCUT2D eigenvalue weighted by Crippen LogP contribution is 2.22. The van der Waals surface area contributed by atoms with Gasteiger partial charge in [-0.05, 0) is 17.7 Å². The normalized spacial score (nSPS) is 10.3. The number of hydrogen-bond acceptors (Lipinski definition) is 3. The van der Waals surface area contributed by atoms with Crippen molar-refractivity contribution < 1.29 is 4.42 Å². The van der Waals surface area contributed by atoms with Crippen molar-refractivity contribution >= 4 is 11.0 Å². The predicted octanol–water partition coefficient (Wildman–Crippen LogP) is 3.53. The highest BCUT2D eigenvalue weighted by Gasteiger charge is 2.06. The summed E-state index contributed by atoms with van der Waals surface area (Å²) in [5.74, 6) is 0.539. The maximum atomic E-state index is 12.0. The van der Waals surface area contributed by atoms with Crippen LogP contribution in [-0.4, -0.2) is 0 Å². The van der Waals surface area contributed by atoms with Crippen LogP contribution in [0.15, 0.2) is 63.8 Å². The van der Waals surface area contributed by atoms with Crippen LogP contribution in [0.5, 0.6) is 0 Å². The van der Waals surface area contributed by atoms with Crippen LogP contribution in [0.1, 0.15) is 5.56 Å². The van der Waals surface area contributed by atoms with Crippen LogP contribution in [0.25, 0.3) is 22.3 Å². The van der Waals surface area contributed by atoms with E-state index in [-0.39, 0.29) is 5.43 Å². The first kappa shape index (κ1) is 12.2. The van der Waals surface area contributed by atoms with Gasteiger partial charge in [-0.3, -0.25) is 4.79 Å². The van der Waals surface area contributed by atoms with Gasteiger partial charge in [-0.2, -0.15) is 5.26 Å². The zero-order chi connectivity index (χ0) is 13.9. The molecule has 96 valence electrons. The molecule has 3 aromatic rings. The van der Waals surface area contributed by atoms with E-state index in [9.17, 15) is 4.79 Å². The highest BCUT2D eigenvalue weighted by molar-refractivity contribution is 5.78. The maximum Gasteiger partial charge on any atom is 0.193 e. The molecule has 0 aliphatic carbocycles. The second-order valence-electron chi connectivity index (χ2n) is 4.50. The Labute approximate surface area is 115 Å². The fourth-order valence-corrected chi connectivity index (χ4v) is 2.12. The van der Waals surface area contributed by atoms with Crippen molar-refractivity contribution in [2.24, 2.45) is 0 Å². The number of para-hydroxylation sites is 1. The molecule has 0 aliphatic rings. The number of rotatable bonds is 2. The van der Waals surface area contributed by atoms with Crippen molar-refractivity contribution in [2.75, 3.05) is 0 Å². The van der Waals surface area contributed by atoms with Crippen molar-refractivity contribution in [3.63, 3.8) is 0 Å². The molecule has 0 fully saturated rings. The summed E-state index contributed by atoms with van der Waals surface area (Å²) < 4.78 is 5.76. The molecule has 0 saturated heterocycles. The molecule has 20 heavy (non-hydrogen) atoms. The average Bonchev–Trinajstić information content (AvgIpc) is 2.48. The topological polar surface area (TPSA) is 54.0 Å². The summed E-state index contributed by atoms with van der Waals surface area (Å²) in [7, 11) is 0. The molecular weight excluding hydrogens is 250 g/mol. The zero-order valence-electron chi connectivity index (χ0n) is 10.7. The van der Waals surface area contributed by atoms with E-state index in [1.165, 1.54) is 6.07 Å². The SMILES string of the molecule is N#CCc1ccc(-c2cc(=O)c3ccccc3o2)cc1. The van der Waals surface area contributed by atoms with Crippen molar-refractivity contribution in [3.05, 3.63) is 70.4 Å². The van der Waals surface area contributed by atoms with Gasteiger partial charge in [0, 0.05) is 11.6 Å². The van der Waals surface area contributed by atoms with Crippen LogP contribution in [0.2, 0.25) is 0 Å². The molecule has 3 rings (SSSR count). The number of nitrogens with zero attached hydrogens (tertiary/aromatic N) is 1. The lowest BCUT2D eigenvalue weighted by molar-refractivity contribution is 0.619. The van der Waals surface area contributed by atoms with Gasteiger partial charge in [-0.15, -0.1) is 0 Å². The summed E-state index contributed by atoms with van der Waals surface area (Å²) in [4.78, 5) is 12.0. The van der Waals surface area contributed by atoms with Gasteiger partial charge in [0.05, 0.1) is 17.9 Å². The molecule has 1 heterocycles. The molecule has 0 radical (unpaired) electrons. The Morgan fingerprint density at radius 3 is 2.55 bits per heavy atom. The van der Waals surface area contributed by atoms with Crippen LogP contribution in [0.4, 0.5) is 0 Å². The summed E-state index contributed by atoms with van der Waals surface area (Å²) >= 11 is 0. The molecular formula is C17H11NO2. The Kier molecular flexibility index (Phi) is 3.06. The number of nitriles is 1. The fourth-order valence-electron chi connectivity index (χ4n) is 2.12. The van der Waals surface area contributed by atoms with Gasteiger partial charge in [0.2, 0.25) is 0 Å². The highest BCUT2D eigenvalue weighted by atomic mass is 16.3. The van der Waals surface area contributed by atoms with Crippen LogP contribution < -0.4 is 5.43 Å². The molecule has 0 bridgehead atoms. The second-order valence-corrected chi connectivity index (χ2v) is 4.50. The average molecular weight is 261 g/mol. The van der Waals surface area contributed by atoms with E-state index in [0.29, 0.717) is 23.2 Å². The third kappa shape index (κ3) is 2.19. The molecule has 0 aliphatic heterocycles. The van der Waals surface area contributed by atoms with Gasteiger partial charge in [0.1, 0.15) is 11.3 Å². The Morgan fingerprint density at radius 2 is 1.80 bits per heavy atom. The van der Waals surface area contributed by atoms with Crippen LogP contribution in [0, 0.1) is 11.3 Å². The predicted molar refractivity (Wildman–Crippen MR) is 77.2 cm³/mol. The Morgan fingerprint density at radius 1 is 1.05 bits per heavy atom. The Balaban J connectivity index is 2.10. The zero-order valence-corrected chi connectivity index (χ0v) is 10.7. The summed E-state index contributed by atoms with van der Waals surface area (Å²) in [5.41, 5.74) is 2.30. The monoisotopic (exact) mass is 261 g/mol. The van der Waals surface area contributed by atoms with E-state index in [4.69, 9.17) is 9.68 Å². The number of benzene rings is 2. The van der Waals surface area contributed by atoms with Gasteiger partial charge in [0.25, 0.3) is 0 Å². The molecule has 0 atom stereocenters. The van der Waals surface area contributed by atoms with E-state index < -0.39 is 0 Å². The molecule has 1 aromatic heterocycles. The minimum atomic E-state index is -0.0528. The molecule has 3 heteroatoms. The fraction of sp³-hybridized carbons (Fsp3) is 0.0588. The first-order chi connectivity index (χ1) is 9.78. The lowest BCUT2D eigenvalue weighted by Gasteiger charge is -2.03. The minimum Gasteiger partial charge on any atom is -0.456 e. The van der Waals surface area contributed by atoms with Crippen LogP contribution in [-0.2, 0) is 6.42 Å². The molecule has 0 N–H and O–H groups in total. The molecule has 0 amide bonds. The Bertz CT molecular complexity index is 855. The smallest absolute Gasteiger partial charge is 0.193 e. The van der Waals surface area contributed by atoms with Crippen molar-refractivity contribution in [3.8, 4) is 17.4 Å². The van der Waals surface area contributed by atoms with E-state index in [2.05, 4.69) is 6.07 Å². The molecule has 0 unspecified atom stereocenters. The van der Waals surface area contributed by atoms with E-state index >= 15 is 0 Å². The first-order valence-electron chi connectivity index (χ1n) is 6.27. The van der Waals surface area contributed by atoms with E-state index in [0.717, 1.165) is 11.1 Å². The van der Waals surface area contributed by atoms with Gasteiger partial charge in [-0.25, -0.2) is 0 Å². The maximum absolute atomic E-state index is 12.0. The molecule has 3 nitrogen and oxygen atoms in total. The van der Waals surface area contributed by atoms with E-state index in [1.54, 1.807) is 12.1 Å². The number of fused-ring (bicyclic) bond motifs is 1. The van der Waals surface area contributed by atoms with Crippen molar-refractivity contribution in [1.82, 2.24) is 0 Å². The lowest BCUT2D eigenvalue weighted by atomic mass is 10.1. The minimum absolute atomic E-state index is 0.0528. The van der Waals surface area contributed by atoms with Crippen LogP contribution in [0.3, 0.4) is 0 Å². The Hall–Kier alpha value is -2.86. The molecule has 2 aromatic carbocycles. The quantitative estimate of drug-likeness (QED) is 0.709. The summed E-state index contributed by atoms with van der Waals surface area (Å²) in [6, 6.07) is 18.3. The first-order valence-corrected chi connectivity index (χ1v) is 6.27. The van der Waals surface area contributed by atoms with Gasteiger partial charge in [0.15, 0.2) is 5.43 Å². The van der Waals surface area contributed by atoms with Crippen molar-refractivity contribution in [2.45, 2.75) is 6.42 Å². The van der Waals surface area contributed by atoms with E-state index in [1.807, 2.05) is 36.4 Å². The summed E-state index contributed by atoms with van der Waals surface area (Å²) in [5, 5.41) is 9.23. The largest absolute Gasteiger partial charge is 0.456 e.